The summed E-state index contributed by atoms with van der Waals surface area (Å²) < 4.78 is 12.6. The van der Waals surface area contributed by atoms with E-state index in [2.05, 4.69) is 33.3 Å². The zero-order chi connectivity index (χ0) is 23.8. The highest BCUT2D eigenvalue weighted by Gasteiger charge is 2.29. The van der Waals surface area contributed by atoms with Crippen molar-refractivity contribution < 1.29 is 14.3 Å². The van der Waals surface area contributed by atoms with Crippen LogP contribution in [0.2, 0.25) is 0 Å². The maximum absolute atomic E-state index is 11.9. The number of esters is 1. The minimum absolute atomic E-state index is 0.152. The predicted molar refractivity (Wildman–Crippen MR) is 124 cm³/mol. The van der Waals surface area contributed by atoms with E-state index in [-0.39, 0.29) is 12.0 Å². The Morgan fingerprint density at radius 2 is 2.18 bits per heavy atom. The highest BCUT2D eigenvalue weighted by molar-refractivity contribution is 5.94. The first-order chi connectivity index (χ1) is 16.5. The van der Waals surface area contributed by atoms with Crippen LogP contribution in [0.3, 0.4) is 0 Å². The van der Waals surface area contributed by atoms with Crippen LogP contribution in [0.4, 0.5) is 0 Å². The lowest BCUT2D eigenvalue weighted by molar-refractivity contribution is 0.0535. The Hall–Kier alpha value is -3.74. The van der Waals surface area contributed by atoms with Crippen molar-refractivity contribution in [1.29, 1.82) is 5.26 Å². The summed E-state index contributed by atoms with van der Waals surface area (Å²) in [5, 5.41) is 17.3. The minimum atomic E-state index is -0.237. The molecule has 0 unspecified atom stereocenters. The molecule has 0 saturated carbocycles. The van der Waals surface area contributed by atoms with Gasteiger partial charge < -0.3 is 14.8 Å². The molecule has 9 heteroatoms. The van der Waals surface area contributed by atoms with Crippen LogP contribution in [0.1, 0.15) is 49.8 Å². The summed E-state index contributed by atoms with van der Waals surface area (Å²) in [6.45, 7) is 7.54. The number of cyclic esters (lactones) is 1. The van der Waals surface area contributed by atoms with E-state index in [0.29, 0.717) is 36.0 Å². The topological polar surface area (TPSA) is 105 Å². The van der Waals surface area contributed by atoms with Crippen LogP contribution >= 0.6 is 0 Å². The molecule has 1 N–H and O–H groups in total. The quantitative estimate of drug-likeness (QED) is 0.582. The fourth-order valence-corrected chi connectivity index (χ4v) is 4.78. The molecule has 1 saturated heterocycles. The maximum Gasteiger partial charge on any atom is 0.338 e. The molecule has 2 aromatic heterocycles. The Bertz CT molecular complexity index is 1310. The van der Waals surface area contributed by atoms with E-state index in [1.807, 2.05) is 31.3 Å². The van der Waals surface area contributed by atoms with Crippen LogP contribution in [-0.2, 0) is 17.9 Å². The fourth-order valence-electron chi connectivity index (χ4n) is 4.78. The van der Waals surface area contributed by atoms with Gasteiger partial charge in [-0.3, -0.25) is 4.90 Å². The van der Waals surface area contributed by atoms with Crippen molar-refractivity contribution >= 4 is 5.97 Å². The van der Waals surface area contributed by atoms with Crippen LogP contribution in [0, 0.1) is 25.2 Å². The van der Waals surface area contributed by atoms with Gasteiger partial charge in [0.2, 0.25) is 5.88 Å². The van der Waals surface area contributed by atoms with Gasteiger partial charge in [0, 0.05) is 49.5 Å². The molecule has 0 amide bonds. The zero-order valence-electron chi connectivity index (χ0n) is 19.5. The van der Waals surface area contributed by atoms with E-state index in [4.69, 9.17) is 9.47 Å². The Kier molecular flexibility index (Phi) is 5.77. The van der Waals surface area contributed by atoms with Crippen molar-refractivity contribution in [3.8, 4) is 17.8 Å². The van der Waals surface area contributed by atoms with Gasteiger partial charge in [-0.1, -0.05) is 6.07 Å². The number of aryl methyl sites for hydroxylation is 1. The number of pyridine rings is 1. The van der Waals surface area contributed by atoms with Gasteiger partial charge in [0.05, 0.1) is 24.4 Å². The molecule has 3 aromatic rings. The number of aromatic nitrogens is 3. The maximum atomic E-state index is 11.9. The first kappa shape index (κ1) is 22.1. The van der Waals surface area contributed by atoms with Gasteiger partial charge >= 0.3 is 5.97 Å². The van der Waals surface area contributed by atoms with Crippen molar-refractivity contribution in [2.75, 3.05) is 26.7 Å². The average Bonchev–Trinajstić information content (AvgIpc) is 3.43. The van der Waals surface area contributed by atoms with Gasteiger partial charge in [-0.05, 0) is 42.7 Å². The molecule has 0 radical (unpaired) electrons. The van der Waals surface area contributed by atoms with Gasteiger partial charge in [0.1, 0.15) is 12.7 Å². The lowest BCUT2D eigenvalue weighted by Gasteiger charge is -2.34. The van der Waals surface area contributed by atoms with Crippen LogP contribution in [0.25, 0.3) is 5.82 Å². The third kappa shape index (κ3) is 3.81. The number of nitrogens with one attached hydrogen (secondary N) is 1. The highest BCUT2D eigenvalue weighted by atomic mass is 16.5. The molecule has 1 fully saturated rings. The zero-order valence-corrected chi connectivity index (χ0v) is 19.5. The number of rotatable bonds is 5. The second-order valence-corrected chi connectivity index (χ2v) is 8.68. The smallest absolute Gasteiger partial charge is 0.338 e. The number of nitrogens with zero attached hydrogens (tertiary/aromatic N) is 5. The Balaban J connectivity index is 1.36. The van der Waals surface area contributed by atoms with Crippen molar-refractivity contribution in [2.24, 2.45) is 0 Å². The lowest BCUT2D eigenvalue weighted by atomic mass is 9.93. The number of hydrogen-bond donors (Lipinski definition) is 1. The highest BCUT2D eigenvalue weighted by Crippen LogP contribution is 2.31. The number of methoxy groups -OCH3 is 1. The molecular weight excluding hydrogens is 432 g/mol. The summed E-state index contributed by atoms with van der Waals surface area (Å²) in [4.78, 5) is 18.6. The molecule has 0 spiro atoms. The summed E-state index contributed by atoms with van der Waals surface area (Å²) in [5.74, 6) is 1.01. The summed E-state index contributed by atoms with van der Waals surface area (Å²) >= 11 is 0. The standard InChI is InChI=1S/C25H26N6O3/c1-15-8-23(28-10-17(15)9-26)31-24(33-3)18(11-29-31)12-30-7-6-27-22(13-30)19-4-5-20-21(16(19)2)14-34-25(20)32/h4-5,8,10-11,22,27H,6-7,12-14H2,1-3H3/t22-/m0/s1. The summed E-state index contributed by atoms with van der Waals surface area (Å²) in [6.07, 6.45) is 3.37. The molecule has 0 bridgehead atoms. The predicted octanol–water partition coefficient (Wildman–Crippen LogP) is 2.58. The van der Waals surface area contributed by atoms with Gasteiger partial charge in [-0.25, -0.2) is 9.78 Å². The second-order valence-electron chi connectivity index (χ2n) is 8.68. The molecule has 9 nitrogen and oxygen atoms in total. The summed E-state index contributed by atoms with van der Waals surface area (Å²) in [5.41, 5.74) is 6.34. The van der Waals surface area contributed by atoms with Crippen LogP contribution in [-0.4, -0.2) is 52.4 Å². The number of piperazine rings is 1. The van der Waals surface area contributed by atoms with Gasteiger partial charge in [-0.2, -0.15) is 15.0 Å². The lowest BCUT2D eigenvalue weighted by Crippen LogP contribution is -2.45. The average molecular weight is 459 g/mol. The number of carbonyl (C=O) groups is 1. The third-order valence-electron chi connectivity index (χ3n) is 6.66. The van der Waals surface area contributed by atoms with Crippen molar-refractivity contribution in [2.45, 2.75) is 33.0 Å². The van der Waals surface area contributed by atoms with E-state index in [1.165, 1.54) is 5.56 Å². The van der Waals surface area contributed by atoms with Crippen molar-refractivity contribution in [3.63, 3.8) is 0 Å². The van der Waals surface area contributed by atoms with Crippen molar-refractivity contribution in [1.82, 2.24) is 25.0 Å². The molecule has 5 rings (SSSR count). The molecule has 34 heavy (non-hydrogen) atoms. The Morgan fingerprint density at radius 1 is 1.32 bits per heavy atom. The van der Waals surface area contributed by atoms with E-state index in [1.54, 1.807) is 18.0 Å². The van der Waals surface area contributed by atoms with E-state index < -0.39 is 0 Å². The fraction of sp³-hybridized carbons (Fsp3) is 0.360. The van der Waals surface area contributed by atoms with Crippen LogP contribution < -0.4 is 10.1 Å². The molecule has 4 heterocycles. The molecule has 2 aliphatic heterocycles. The van der Waals surface area contributed by atoms with Crippen molar-refractivity contribution in [3.05, 3.63) is 69.5 Å². The Labute approximate surface area is 197 Å². The van der Waals surface area contributed by atoms with Gasteiger partial charge in [-0.15, -0.1) is 0 Å². The largest absolute Gasteiger partial charge is 0.481 e. The normalized spacial score (nSPS) is 17.8. The minimum Gasteiger partial charge on any atom is -0.481 e. The molecule has 0 aliphatic carbocycles. The molecule has 174 valence electrons. The van der Waals surface area contributed by atoms with Crippen LogP contribution in [0.5, 0.6) is 5.88 Å². The number of nitriles is 1. The third-order valence-corrected chi connectivity index (χ3v) is 6.66. The van der Waals surface area contributed by atoms with E-state index >= 15 is 0 Å². The molecule has 2 aliphatic rings. The monoisotopic (exact) mass is 458 g/mol. The number of fused-ring (bicyclic) bond motifs is 1. The number of hydrogen-bond acceptors (Lipinski definition) is 8. The number of benzene rings is 1. The first-order valence-corrected chi connectivity index (χ1v) is 11.2. The van der Waals surface area contributed by atoms with Gasteiger partial charge in [0.15, 0.2) is 5.82 Å². The second kappa shape index (κ2) is 8.89. The van der Waals surface area contributed by atoms with E-state index in [0.717, 1.165) is 41.9 Å². The molecule has 1 atom stereocenters. The molecule has 1 aromatic carbocycles. The number of carbonyl (C=O) groups excluding carboxylic acids is 1. The van der Waals surface area contributed by atoms with E-state index in [9.17, 15) is 10.1 Å². The molecular formula is C25H26N6O3. The number of ether oxygens (including phenoxy) is 2. The van der Waals surface area contributed by atoms with Crippen LogP contribution in [0.15, 0.2) is 30.6 Å². The van der Waals surface area contributed by atoms with Gasteiger partial charge in [0.25, 0.3) is 0 Å². The Morgan fingerprint density at radius 3 is 2.94 bits per heavy atom. The first-order valence-electron chi connectivity index (χ1n) is 11.2. The summed E-state index contributed by atoms with van der Waals surface area (Å²) in [7, 11) is 1.63. The SMILES string of the molecule is COc1c(CN2CCN[C@H](c3ccc4c(c3C)COC4=O)C2)cnn1-c1cc(C)c(C#N)cn1. The summed E-state index contributed by atoms with van der Waals surface area (Å²) in [6, 6.07) is 8.05.